The molecule has 1 rings (SSSR count). The molecule has 0 spiro atoms. The summed E-state index contributed by atoms with van der Waals surface area (Å²) in [5.74, 6) is -0.703. The Balaban J connectivity index is 2.49. The van der Waals surface area contributed by atoms with Gasteiger partial charge in [-0.05, 0) is 19.3 Å². The van der Waals surface area contributed by atoms with Crippen LogP contribution in [0.4, 0.5) is 0 Å². The smallest absolute Gasteiger partial charge is 0.313 e. The molecule has 1 aliphatic heterocycles. The molecule has 66 valence electrons. The molecule has 0 amide bonds. The molecule has 3 heteroatoms. The summed E-state index contributed by atoms with van der Waals surface area (Å²) in [5, 5.41) is 0. The third-order valence-corrected chi connectivity index (χ3v) is 1.78. The highest BCUT2D eigenvalue weighted by atomic mass is 16.6. The second-order valence-corrected chi connectivity index (χ2v) is 3.28. The normalized spacial score (nSPS) is 19.1. The van der Waals surface area contributed by atoms with Crippen LogP contribution in [0.3, 0.4) is 0 Å². The Bertz CT molecular complexity index is 211. The lowest BCUT2D eigenvalue weighted by atomic mass is 9.93. The van der Waals surface area contributed by atoms with Crippen LogP contribution in [0.5, 0.6) is 0 Å². The Hall–Kier alpha value is -1.12. The predicted octanol–water partition coefficient (Wildman–Crippen LogP) is 1.43. The van der Waals surface area contributed by atoms with Crippen LogP contribution in [0.1, 0.15) is 26.2 Å². The topological polar surface area (TPSA) is 43.4 Å². The second-order valence-electron chi connectivity index (χ2n) is 3.28. The summed E-state index contributed by atoms with van der Waals surface area (Å²) in [7, 11) is 0. The molecule has 1 saturated heterocycles. The maximum atomic E-state index is 10.8. The van der Waals surface area contributed by atoms with Gasteiger partial charge in [-0.1, -0.05) is 5.57 Å². The number of esters is 2. The number of cyclic esters (lactones) is 2. The maximum Gasteiger partial charge on any atom is 0.313 e. The van der Waals surface area contributed by atoms with Gasteiger partial charge in [-0.15, -0.1) is 6.58 Å². The Morgan fingerprint density at radius 2 is 2.00 bits per heavy atom. The number of carbonyl (C=O) groups is 2. The molecule has 1 heterocycles. The molecule has 0 aromatic rings. The van der Waals surface area contributed by atoms with Gasteiger partial charge in [0.25, 0.3) is 0 Å². The molecule has 0 aliphatic carbocycles. The zero-order chi connectivity index (χ0) is 9.14. The number of ether oxygens (including phenoxy) is 1. The maximum absolute atomic E-state index is 10.8. The van der Waals surface area contributed by atoms with Crippen molar-refractivity contribution in [2.75, 3.05) is 0 Å². The van der Waals surface area contributed by atoms with Crippen molar-refractivity contribution in [3.05, 3.63) is 12.2 Å². The van der Waals surface area contributed by atoms with E-state index in [9.17, 15) is 9.59 Å². The number of carbonyl (C=O) groups excluding carboxylic acids is 2. The van der Waals surface area contributed by atoms with E-state index in [4.69, 9.17) is 0 Å². The lowest BCUT2D eigenvalue weighted by Crippen LogP contribution is -2.25. The minimum absolute atomic E-state index is 0.108. The van der Waals surface area contributed by atoms with Crippen molar-refractivity contribution < 1.29 is 14.3 Å². The van der Waals surface area contributed by atoms with Crippen molar-refractivity contribution in [3.63, 3.8) is 0 Å². The van der Waals surface area contributed by atoms with Crippen LogP contribution in [0.15, 0.2) is 12.2 Å². The SMILES string of the molecule is C=C(C)CC1CC(=O)OC(=O)C1. The van der Waals surface area contributed by atoms with Gasteiger partial charge in [0.2, 0.25) is 0 Å². The Kier molecular flexibility index (Phi) is 2.63. The quantitative estimate of drug-likeness (QED) is 0.356. The van der Waals surface area contributed by atoms with Crippen LogP contribution >= 0.6 is 0 Å². The van der Waals surface area contributed by atoms with Crippen LogP contribution in [-0.2, 0) is 14.3 Å². The first-order valence-corrected chi connectivity index (χ1v) is 3.96. The van der Waals surface area contributed by atoms with E-state index in [2.05, 4.69) is 11.3 Å². The summed E-state index contributed by atoms with van der Waals surface area (Å²) in [6.45, 7) is 5.63. The molecular formula is C9H12O3. The molecule has 0 aromatic carbocycles. The molecule has 0 radical (unpaired) electrons. The van der Waals surface area contributed by atoms with Crippen molar-refractivity contribution in [2.45, 2.75) is 26.2 Å². The summed E-state index contributed by atoms with van der Waals surface area (Å²) < 4.78 is 4.39. The molecule has 0 N–H and O–H groups in total. The highest BCUT2D eigenvalue weighted by Gasteiger charge is 2.26. The second kappa shape index (κ2) is 3.52. The fourth-order valence-electron chi connectivity index (χ4n) is 1.39. The Morgan fingerprint density at radius 1 is 1.50 bits per heavy atom. The first-order valence-electron chi connectivity index (χ1n) is 3.96. The highest BCUT2D eigenvalue weighted by Crippen LogP contribution is 2.22. The Morgan fingerprint density at radius 3 is 2.42 bits per heavy atom. The van der Waals surface area contributed by atoms with Crippen LogP contribution < -0.4 is 0 Å². The molecule has 3 nitrogen and oxygen atoms in total. The standard InChI is InChI=1S/C9H12O3/c1-6(2)3-7-4-8(10)12-9(11)5-7/h7H,1,3-5H2,2H3. The van der Waals surface area contributed by atoms with E-state index in [1.807, 2.05) is 6.92 Å². The van der Waals surface area contributed by atoms with Crippen LogP contribution in [0.25, 0.3) is 0 Å². The lowest BCUT2D eigenvalue weighted by molar-refractivity contribution is -0.165. The van der Waals surface area contributed by atoms with E-state index in [1.54, 1.807) is 0 Å². The molecule has 0 unspecified atom stereocenters. The molecule has 0 aromatic heterocycles. The first-order chi connectivity index (χ1) is 5.58. The van der Waals surface area contributed by atoms with Gasteiger partial charge >= 0.3 is 11.9 Å². The van der Waals surface area contributed by atoms with E-state index in [0.717, 1.165) is 12.0 Å². The Labute approximate surface area is 71.4 Å². The van der Waals surface area contributed by atoms with Crippen molar-refractivity contribution in [1.82, 2.24) is 0 Å². The average molecular weight is 168 g/mol. The number of allylic oxidation sites excluding steroid dienone is 1. The fraction of sp³-hybridized carbons (Fsp3) is 0.556. The molecule has 12 heavy (non-hydrogen) atoms. The van der Waals surface area contributed by atoms with Gasteiger partial charge in [-0.25, -0.2) is 0 Å². The molecule has 1 fully saturated rings. The number of hydrogen-bond acceptors (Lipinski definition) is 3. The summed E-state index contributed by atoms with van der Waals surface area (Å²) in [4.78, 5) is 21.6. The van der Waals surface area contributed by atoms with Crippen molar-refractivity contribution in [3.8, 4) is 0 Å². The van der Waals surface area contributed by atoms with Crippen LogP contribution in [0.2, 0.25) is 0 Å². The van der Waals surface area contributed by atoms with Crippen molar-refractivity contribution in [1.29, 1.82) is 0 Å². The largest absolute Gasteiger partial charge is 0.393 e. The first kappa shape index (κ1) is 8.97. The highest BCUT2D eigenvalue weighted by molar-refractivity contribution is 5.88. The monoisotopic (exact) mass is 168 g/mol. The summed E-state index contributed by atoms with van der Waals surface area (Å²) >= 11 is 0. The van der Waals surface area contributed by atoms with E-state index >= 15 is 0 Å². The third-order valence-electron chi connectivity index (χ3n) is 1.78. The number of rotatable bonds is 2. The fourth-order valence-corrected chi connectivity index (χ4v) is 1.39. The summed E-state index contributed by atoms with van der Waals surface area (Å²) in [5.41, 5.74) is 1.00. The zero-order valence-corrected chi connectivity index (χ0v) is 7.13. The van der Waals surface area contributed by atoms with Crippen molar-refractivity contribution >= 4 is 11.9 Å². The molecular weight excluding hydrogens is 156 g/mol. The van der Waals surface area contributed by atoms with Gasteiger partial charge in [-0.3, -0.25) is 9.59 Å². The van der Waals surface area contributed by atoms with E-state index in [0.29, 0.717) is 12.8 Å². The predicted molar refractivity (Wildman–Crippen MR) is 43.3 cm³/mol. The van der Waals surface area contributed by atoms with E-state index in [1.165, 1.54) is 0 Å². The molecule has 0 bridgehead atoms. The molecule has 1 aliphatic rings. The lowest BCUT2D eigenvalue weighted by Gasteiger charge is -2.19. The average Bonchev–Trinajstić information content (AvgIpc) is 1.81. The van der Waals surface area contributed by atoms with Crippen molar-refractivity contribution in [2.24, 2.45) is 5.92 Å². The summed E-state index contributed by atoms with van der Waals surface area (Å²) in [6.07, 6.45) is 1.43. The summed E-state index contributed by atoms with van der Waals surface area (Å²) in [6, 6.07) is 0. The van der Waals surface area contributed by atoms with Gasteiger partial charge in [0, 0.05) is 12.8 Å². The zero-order valence-electron chi connectivity index (χ0n) is 7.13. The van der Waals surface area contributed by atoms with Crippen LogP contribution in [-0.4, -0.2) is 11.9 Å². The number of hydrogen-bond donors (Lipinski definition) is 0. The minimum atomic E-state index is -0.405. The van der Waals surface area contributed by atoms with Gasteiger partial charge in [0.15, 0.2) is 0 Å². The molecule has 0 atom stereocenters. The van der Waals surface area contributed by atoms with E-state index in [-0.39, 0.29) is 5.92 Å². The van der Waals surface area contributed by atoms with Crippen LogP contribution in [0, 0.1) is 5.92 Å². The third kappa shape index (κ3) is 2.49. The molecule has 0 saturated carbocycles. The minimum Gasteiger partial charge on any atom is -0.393 e. The van der Waals surface area contributed by atoms with Gasteiger partial charge < -0.3 is 4.74 Å². The van der Waals surface area contributed by atoms with E-state index < -0.39 is 11.9 Å². The van der Waals surface area contributed by atoms with Gasteiger partial charge in [0.05, 0.1) is 0 Å². The van der Waals surface area contributed by atoms with Gasteiger partial charge in [-0.2, -0.15) is 0 Å². The van der Waals surface area contributed by atoms with Gasteiger partial charge in [0.1, 0.15) is 0 Å².